The summed E-state index contributed by atoms with van der Waals surface area (Å²) >= 11 is 0. The fraction of sp³-hybridized carbons (Fsp3) is 0.167. The molecule has 1 amide bonds. The lowest BCUT2D eigenvalue weighted by Crippen LogP contribution is -2.37. The molecule has 0 fully saturated rings. The average molecular weight is 326 g/mol. The van der Waals surface area contributed by atoms with Crippen molar-refractivity contribution in [2.75, 3.05) is 18.6 Å². The minimum absolute atomic E-state index is 0.217. The van der Waals surface area contributed by atoms with E-state index in [2.05, 4.69) is 5.48 Å². The third kappa shape index (κ3) is 3.67. The van der Waals surface area contributed by atoms with Gasteiger partial charge in [-0.2, -0.15) is 0 Å². The molecule has 1 N–H and O–H groups in total. The Kier molecular flexibility index (Phi) is 4.98. The van der Waals surface area contributed by atoms with Crippen molar-refractivity contribution in [3.63, 3.8) is 0 Å². The van der Waals surface area contributed by atoms with Gasteiger partial charge in [0.2, 0.25) is 0 Å². The first-order valence-electron chi connectivity index (χ1n) is 7.50. The molecule has 0 bridgehead atoms. The number of hydrogen-bond donors (Lipinski definition) is 1. The van der Waals surface area contributed by atoms with Crippen LogP contribution in [0.15, 0.2) is 66.6 Å². The number of anilines is 1. The molecule has 0 saturated heterocycles. The summed E-state index contributed by atoms with van der Waals surface area (Å²) in [5, 5.41) is 0. The zero-order valence-electron chi connectivity index (χ0n) is 13.3. The predicted octanol–water partition coefficient (Wildman–Crippen LogP) is 3.21. The van der Waals surface area contributed by atoms with E-state index in [9.17, 15) is 4.79 Å². The normalized spacial score (nSPS) is 14.7. The Morgan fingerprint density at radius 3 is 2.75 bits per heavy atom. The molecule has 1 aliphatic rings. The molecule has 3 rings (SSSR count). The number of nitrogens with one attached hydrogen (secondary N) is 1. The van der Waals surface area contributed by atoms with Gasteiger partial charge in [0.25, 0.3) is 0 Å². The van der Waals surface area contributed by atoms with Crippen molar-refractivity contribution in [1.82, 2.24) is 5.48 Å². The minimum Gasteiger partial charge on any atom is -0.456 e. The van der Waals surface area contributed by atoms with Crippen molar-refractivity contribution >= 4 is 11.8 Å². The number of benzene rings is 2. The van der Waals surface area contributed by atoms with Gasteiger partial charge in [0.05, 0.1) is 25.5 Å². The second-order valence-corrected chi connectivity index (χ2v) is 5.13. The predicted molar refractivity (Wildman–Crippen MR) is 89.3 cm³/mol. The molecular formula is C18H18N2O4. The highest BCUT2D eigenvalue weighted by molar-refractivity contribution is 5.90. The second kappa shape index (κ2) is 7.52. The van der Waals surface area contributed by atoms with Crippen molar-refractivity contribution in [2.45, 2.75) is 6.61 Å². The Labute approximate surface area is 140 Å². The summed E-state index contributed by atoms with van der Waals surface area (Å²) in [6.07, 6.45) is 1.13. The highest BCUT2D eigenvalue weighted by Crippen LogP contribution is 2.34. The quantitative estimate of drug-likeness (QED) is 0.874. The highest BCUT2D eigenvalue weighted by Gasteiger charge is 2.27. The van der Waals surface area contributed by atoms with E-state index in [4.69, 9.17) is 14.3 Å². The lowest BCUT2D eigenvalue weighted by molar-refractivity contribution is 0.124. The number of fused-ring (bicyclic) bond motifs is 1. The number of para-hydroxylation sites is 2. The maximum Gasteiger partial charge on any atom is 0.415 e. The molecule has 0 unspecified atom stereocenters. The van der Waals surface area contributed by atoms with E-state index < -0.39 is 6.09 Å². The largest absolute Gasteiger partial charge is 0.456 e. The van der Waals surface area contributed by atoms with Crippen LogP contribution in [0, 0.1) is 0 Å². The van der Waals surface area contributed by atoms with Gasteiger partial charge in [-0.15, -0.1) is 0 Å². The van der Waals surface area contributed by atoms with Crippen LogP contribution in [0.4, 0.5) is 10.5 Å². The summed E-state index contributed by atoms with van der Waals surface area (Å²) < 4.78 is 11.2. The molecule has 1 heterocycles. The molecule has 0 radical (unpaired) electrons. The molecule has 2 aromatic carbocycles. The Morgan fingerprint density at radius 2 is 1.96 bits per heavy atom. The van der Waals surface area contributed by atoms with Gasteiger partial charge < -0.3 is 9.47 Å². The summed E-state index contributed by atoms with van der Waals surface area (Å²) in [7, 11) is 1.50. The van der Waals surface area contributed by atoms with Gasteiger partial charge in [-0.05, 0) is 17.7 Å². The number of carbonyl (C=O) groups excluding carboxylic acids is 1. The molecule has 6 heteroatoms. The van der Waals surface area contributed by atoms with Crippen LogP contribution < -0.4 is 15.1 Å². The zero-order valence-corrected chi connectivity index (χ0v) is 13.3. The van der Waals surface area contributed by atoms with Crippen molar-refractivity contribution in [3.05, 3.63) is 72.1 Å². The molecule has 0 saturated carbocycles. The van der Waals surface area contributed by atoms with Crippen LogP contribution in [0.1, 0.15) is 5.56 Å². The standard InChI is InChI=1S/C18H18N2O4/c1-22-19-11-15-12-20(16-9-5-6-10-17(16)24-15)18(21)23-13-14-7-3-2-4-8-14/h2-11,19H,12-13H2,1H3. The Hall–Kier alpha value is -2.99. The molecule has 0 atom stereocenters. The second-order valence-electron chi connectivity index (χ2n) is 5.13. The fourth-order valence-electron chi connectivity index (χ4n) is 2.34. The lowest BCUT2D eigenvalue weighted by atomic mass is 10.2. The van der Waals surface area contributed by atoms with Crippen molar-refractivity contribution < 1.29 is 19.1 Å². The highest BCUT2D eigenvalue weighted by atomic mass is 16.6. The van der Waals surface area contributed by atoms with E-state index in [1.807, 2.05) is 48.5 Å². The first-order chi connectivity index (χ1) is 11.8. The third-order valence-electron chi connectivity index (χ3n) is 3.47. The molecule has 1 aliphatic heterocycles. The van der Waals surface area contributed by atoms with Crippen molar-refractivity contribution in [3.8, 4) is 5.75 Å². The Balaban J connectivity index is 1.76. The smallest absolute Gasteiger partial charge is 0.415 e. The van der Waals surface area contributed by atoms with E-state index >= 15 is 0 Å². The monoisotopic (exact) mass is 326 g/mol. The number of amides is 1. The van der Waals surface area contributed by atoms with Crippen LogP contribution in [0.2, 0.25) is 0 Å². The molecule has 6 nitrogen and oxygen atoms in total. The van der Waals surface area contributed by atoms with Crippen LogP contribution in [0.25, 0.3) is 0 Å². The summed E-state index contributed by atoms with van der Waals surface area (Å²) in [5.41, 5.74) is 4.21. The van der Waals surface area contributed by atoms with E-state index in [0.717, 1.165) is 5.56 Å². The van der Waals surface area contributed by atoms with E-state index in [1.165, 1.54) is 12.0 Å². The molecule has 0 aromatic heterocycles. The van der Waals surface area contributed by atoms with Crippen LogP contribution in [-0.2, 0) is 16.2 Å². The lowest BCUT2D eigenvalue weighted by Gasteiger charge is -2.30. The van der Waals surface area contributed by atoms with E-state index in [1.54, 1.807) is 12.3 Å². The van der Waals surface area contributed by atoms with Crippen LogP contribution in [0.5, 0.6) is 5.75 Å². The SMILES string of the molecule is CONC=C1CN(C(=O)OCc2ccccc2)c2ccccc2O1. The van der Waals surface area contributed by atoms with Crippen LogP contribution >= 0.6 is 0 Å². The molecule has 2 aromatic rings. The number of nitrogens with zero attached hydrogens (tertiary/aromatic N) is 1. The van der Waals surface area contributed by atoms with Gasteiger partial charge in [0.1, 0.15) is 12.4 Å². The molecule has 0 aliphatic carbocycles. The van der Waals surface area contributed by atoms with Gasteiger partial charge in [0, 0.05) is 0 Å². The van der Waals surface area contributed by atoms with Crippen LogP contribution in [-0.4, -0.2) is 19.7 Å². The van der Waals surface area contributed by atoms with Gasteiger partial charge in [-0.25, -0.2) is 4.79 Å². The summed E-state index contributed by atoms with van der Waals surface area (Å²) in [4.78, 5) is 18.8. The van der Waals surface area contributed by atoms with Crippen molar-refractivity contribution in [2.24, 2.45) is 0 Å². The minimum atomic E-state index is -0.432. The maximum absolute atomic E-state index is 12.5. The van der Waals surface area contributed by atoms with Gasteiger partial charge in [0.15, 0.2) is 5.75 Å². The van der Waals surface area contributed by atoms with E-state index in [-0.39, 0.29) is 13.2 Å². The molecular weight excluding hydrogens is 308 g/mol. The Morgan fingerprint density at radius 1 is 1.21 bits per heavy atom. The van der Waals surface area contributed by atoms with Gasteiger partial charge >= 0.3 is 6.09 Å². The zero-order chi connectivity index (χ0) is 16.8. The van der Waals surface area contributed by atoms with E-state index in [0.29, 0.717) is 17.2 Å². The van der Waals surface area contributed by atoms with Crippen LogP contribution in [0.3, 0.4) is 0 Å². The first kappa shape index (κ1) is 15.9. The number of carbonyl (C=O) groups is 1. The van der Waals surface area contributed by atoms with Gasteiger partial charge in [-0.3, -0.25) is 15.2 Å². The maximum atomic E-state index is 12.5. The third-order valence-corrected chi connectivity index (χ3v) is 3.47. The molecule has 124 valence electrons. The number of ether oxygens (including phenoxy) is 2. The van der Waals surface area contributed by atoms with Gasteiger partial charge in [-0.1, -0.05) is 42.5 Å². The first-order valence-corrected chi connectivity index (χ1v) is 7.50. The topological polar surface area (TPSA) is 60.0 Å². The number of hydroxylamine groups is 1. The number of hydrogen-bond acceptors (Lipinski definition) is 5. The summed E-state index contributed by atoms with van der Waals surface area (Å²) in [5.74, 6) is 1.14. The molecule has 0 spiro atoms. The summed E-state index contributed by atoms with van der Waals surface area (Å²) in [6, 6.07) is 16.9. The molecule has 24 heavy (non-hydrogen) atoms. The average Bonchev–Trinajstić information content (AvgIpc) is 2.64. The summed E-state index contributed by atoms with van der Waals surface area (Å²) in [6.45, 7) is 0.468. The Bertz CT molecular complexity index is 731. The number of rotatable bonds is 4. The van der Waals surface area contributed by atoms with Crippen molar-refractivity contribution in [1.29, 1.82) is 0 Å². The fourth-order valence-corrected chi connectivity index (χ4v) is 2.34.